The van der Waals surface area contributed by atoms with E-state index in [2.05, 4.69) is 46.8 Å². The molecule has 5 nitrogen and oxygen atoms in total. The highest BCUT2D eigenvalue weighted by atomic mass is 79.9. The van der Waals surface area contributed by atoms with Gasteiger partial charge in [0.1, 0.15) is 0 Å². The van der Waals surface area contributed by atoms with E-state index in [1.807, 2.05) is 18.3 Å². The number of aromatic amines is 1. The Morgan fingerprint density at radius 3 is 2.76 bits per heavy atom. The molecule has 106 valence electrons. The van der Waals surface area contributed by atoms with Gasteiger partial charge in [-0.15, -0.1) is 0 Å². The van der Waals surface area contributed by atoms with Gasteiger partial charge in [-0.2, -0.15) is 4.73 Å². The van der Waals surface area contributed by atoms with E-state index in [1.165, 1.54) is 5.39 Å². The predicted octanol–water partition coefficient (Wildman–Crippen LogP) is 4.31. The molecule has 0 amide bonds. The molecule has 0 fully saturated rings. The predicted molar refractivity (Wildman–Crippen MR) is 87.5 cm³/mol. The van der Waals surface area contributed by atoms with E-state index in [9.17, 15) is 0 Å². The number of hydrogen-bond donors (Lipinski definition) is 2. The van der Waals surface area contributed by atoms with Crippen molar-refractivity contribution in [2.75, 3.05) is 0 Å². The van der Waals surface area contributed by atoms with Crippen molar-refractivity contribution in [3.8, 4) is 11.3 Å². The van der Waals surface area contributed by atoms with Crippen LogP contribution in [0.2, 0.25) is 0 Å². The van der Waals surface area contributed by atoms with E-state index < -0.39 is 0 Å². The summed E-state index contributed by atoms with van der Waals surface area (Å²) in [5, 5.41) is 10.3. The Morgan fingerprint density at radius 2 is 1.95 bits per heavy atom. The van der Waals surface area contributed by atoms with Gasteiger partial charge in [0.15, 0.2) is 0 Å². The maximum atomic E-state index is 9.08. The van der Waals surface area contributed by atoms with E-state index in [0.717, 1.165) is 30.4 Å². The van der Waals surface area contributed by atoms with Crippen LogP contribution in [-0.2, 0) is 0 Å². The van der Waals surface area contributed by atoms with Gasteiger partial charge in [0.05, 0.1) is 29.8 Å². The van der Waals surface area contributed by atoms with Crippen molar-refractivity contribution in [2.24, 2.45) is 0 Å². The van der Waals surface area contributed by atoms with Crippen molar-refractivity contribution in [3.63, 3.8) is 0 Å². The van der Waals surface area contributed by atoms with Crippen molar-refractivity contribution in [2.45, 2.75) is 0 Å². The van der Waals surface area contributed by atoms with E-state index >= 15 is 0 Å². The van der Waals surface area contributed by atoms with Crippen LogP contribution in [0.3, 0.4) is 0 Å². The number of fused-ring (bicyclic) bond motifs is 2. The second kappa shape index (κ2) is 5.87. The Kier molecular flexibility index (Phi) is 3.94. The Hall–Kier alpha value is -1.86. The van der Waals surface area contributed by atoms with Crippen molar-refractivity contribution >= 4 is 42.8 Å². The van der Waals surface area contributed by atoms with E-state index in [-0.39, 0.29) is 0 Å². The van der Waals surface area contributed by atoms with Crippen LogP contribution in [0, 0.1) is 0 Å². The molecule has 2 N–H and O–H groups in total. The highest BCUT2D eigenvalue weighted by Crippen LogP contribution is 2.27. The van der Waals surface area contributed by atoms with Gasteiger partial charge in [-0.05, 0) is 44.0 Å². The monoisotopic (exact) mass is 408 g/mol. The van der Waals surface area contributed by atoms with Gasteiger partial charge in [0, 0.05) is 38.5 Å². The summed E-state index contributed by atoms with van der Waals surface area (Å²) < 4.78 is 2.86. The molecule has 0 unspecified atom stereocenters. The summed E-state index contributed by atoms with van der Waals surface area (Å²) in [7, 11) is 0. The lowest BCUT2D eigenvalue weighted by Gasteiger charge is -2.02. The van der Waals surface area contributed by atoms with Crippen LogP contribution in [0.1, 0.15) is 0 Å². The van der Waals surface area contributed by atoms with Crippen LogP contribution in [0.15, 0.2) is 58.3 Å². The number of halogens is 2. The molecular weight excluding hydrogens is 400 g/mol. The molecule has 0 aromatic carbocycles. The van der Waals surface area contributed by atoms with Gasteiger partial charge < -0.3 is 10.2 Å². The summed E-state index contributed by atoms with van der Waals surface area (Å²) >= 11 is 6.70. The SMILES string of the molecule is Brc1cncc2[nH]ccc12.On1cc2nccc-2c(Br)c1. The van der Waals surface area contributed by atoms with Crippen LogP contribution in [0.4, 0.5) is 0 Å². The van der Waals surface area contributed by atoms with Gasteiger partial charge in [-0.25, -0.2) is 0 Å². The summed E-state index contributed by atoms with van der Waals surface area (Å²) in [6.45, 7) is 0. The van der Waals surface area contributed by atoms with Gasteiger partial charge in [0.25, 0.3) is 0 Å². The minimum atomic E-state index is 0.780. The normalized spacial score (nSPS) is 10.6. The Bertz CT molecular complexity index is 855. The lowest BCUT2D eigenvalue weighted by atomic mass is 10.2. The summed E-state index contributed by atoms with van der Waals surface area (Å²) in [5.41, 5.74) is 2.85. The number of rotatable bonds is 0. The zero-order valence-corrected chi connectivity index (χ0v) is 13.8. The summed E-state index contributed by atoms with van der Waals surface area (Å²) in [5.74, 6) is 0. The average Bonchev–Trinajstić information content (AvgIpc) is 3.08. The number of aromatic nitrogens is 4. The lowest BCUT2D eigenvalue weighted by Crippen LogP contribution is -1.93. The van der Waals surface area contributed by atoms with Gasteiger partial charge in [-0.1, -0.05) is 0 Å². The van der Waals surface area contributed by atoms with Gasteiger partial charge in [0.2, 0.25) is 0 Å². The Labute approximate surface area is 137 Å². The van der Waals surface area contributed by atoms with Crippen molar-refractivity contribution in [1.82, 2.24) is 19.7 Å². The molecule has 2 aromatic heterocycles. The summed E-state index contributed by atoms with van der Waals surface area (Å²) in [6, 6.07) is 3.90. The number of nitrogens with zero attached hydrogens (tertiary/aromatic N) is 3. The topological polar surface area (TPSA) is 66.7 Å². The van der Waals surface area contributed by atoms with Gasteiger partial charge in [-0.3, -0.25) is 9.97 Å². The number of H-pyrrole nitrogens is 1. The fraction of sp³-hybridized carbons (Fsp3) is 0. The van der Waals surface area contributed by atoms with Crippen LogP contribution in [0.25, 0.3) is 22.2 Å². The molecule has 0 bridgehead atoms. The Morgan fingerprint density at radius 1 is 1.10 bits per heavy atom. The quantitative estimate of drug-likeness (QED) is 0.425. The fourth-order valence-electron chi connectivity index (χ4n) is 1.94. The maximum Gasteiger partial charge on any atom is 0.0911 e. The number of nitrogens with one attached hydrogen (secondary N) is 1. The molecule has 0 saturated heterocycles. The fourth-order valence-corrected chi connectivity index (χ4v) is 2.95. The molecule has 2 aliphatic rings. The minimum absolute atomic E-state index is 0.780. The van der Waals surface area contributed by atoms with Crippen LogP contribution in [0.5, 0.6) is 0 Å². The number of pyridine rings is 2. The number of hydrogen-bond acceptors (Lipinski definition) is 3. The molecule has 2 aromatic rings. The molecule has 2 aliphatic heterocycles. The molecule has 0 atom stereocenters. The van der Waals surface area contributed by atoms with Crippen molar-refractivity contribution in [3.05, 3.63) is 58.3 Å². The molecule has 4 heterocycles. The maximum absolute atomic E-state index is 9.08. The third-order valence-electron chi connectivity index (χ3n) is 2.92. The zero-order valence-electron chi connectivity index (χ0n) is 10.7. The van der Waals surface area contributed by atoms with E-state index in [0.29, 0.717) is 0 Å². The van der Waals surface area contributed by atoms with E-state index in [1.54, 1.807) is 31.0 Å². The standard InChI is InChI=1S/C7H5BrN2O.C7H5BrN2/c8-6-3-10(11)4-7-5(6)1-2-9-7;8-6-3-9-4-7-5(6)1-2-10-7/h1-4,11H;1-4,10H. The first-order valence-electron chi connectivity index (χ1n) is 6.03. The van der Waals surface area contributed by atoms with Crippen LogP contribution >= 0.6 is 31.9 Å². The largest absolute Gasteiger partial charge is 0.429 e. The molecule has 7 heteroatoms. The molecular formula is C14H10Br2N4O. The Balaban J connectivity index is 0.000000126. The first kappa shape index (κ1) is 14.1. The second-order valence-electron chi connectivity index (χ2n) is 4.29. The molecule has 0 spiro atoms. The lowest BCUT2D eigenvalue weighted by molar-refractivity contribution is 0.184. The van der Waals surface area contributed by atoms with Crippen LogP contribution in [-0.4, -0.2) is 24.9 Å². The molecule has 0 radical (unpaired) electrons. The smallest absolute Gasteiger partial charge is 0.0911 e. The highest BCUT2D eigenvalue weighted by Gasteiger charge is 2.07. The third kappa shape index (κ3) is 2.93. The zero-order chi connectivity index (χ0) is 14.8. The molecule has 4 rings (SSSR count). The van der Waals surface area contributed by atoms with Crippen molar-refractivity contribution in [1.29, 1.82) is 0 Å². The summed E-state index contributed by atoms with van der Waals surface area (Å²) in [6.07, 6.45) is 10.3. The first-order chi connectivity index (χ1) is 10.1. The van der Waals surface area contributed by atoms with Crippen LogP contribution < -0.4 is 0 Å². The third-order valence-corrected chi connectivity index (χ3v) is 4.18. The summed E-state index contributed by atoms with van der Waals surface area (Å²) in [4.78, 5) is 11.1. The highest BCUT2D eigenvalue weighted by molar-refractivity contribution is 9.11. The van der Waals surface area contributed by atoms with Crippen molar-refractivity contribution < 1.29 is 5.21 Å². The molecule has 21 heavy (non-hydrogen) atoms. The molecule has 0 aliphatic carbocycles. The average molecular weight is 410 g/mol. The first-order valence-corrected chi connectivity index (χ1v) is 7.62. The minimum Gasteiger partial charge on any atom is -0.429 e. The second-order valence-corrected chi connectivity index (χ2v) is 6.00. The molecule has 0 saturated carbocycles. The van der Waals surface area contributed by atoms with Gasteiger partial charge >= 0.3 is 0 Å². The van der Waals surface area contributed by atoms with E-state index in [4.69, 9.17) is 5.21 Å².